The number of urea groups is 1. The molecular formula is C18H27N3O2. The lowest BCUT2D eigenvalue weighted by Crippen LogP contribution is -2.47. The van der Waals surface area contributed by atoms with Crippen molar-refractivity contribution in [3.63, 3.8) is 0 Å². The first kappa shape index (κ1) is 17.3. The number of aliphatic hydroxyl groups is 1. The molecule has 0 bridgehead atoms. The summed E-state index contributed by atoms with van der Waals surface area (Å²) < 4.78 is 0. The monoisotopic (exact) mass is 317 g/mol. The molecule has 5 nitrogen and oxygen atoms in total. The molecule has 2 amide bonds. The summed E-state index contributed by atoms with van der Waals surface area (Å²) in [6.07, 6.45) is 4.32. The van der Waals surface area contributed by atoms with Gasteiger partial charge >= 0.3 is 6.03 Å². The third kappa shape index (κ3) is 4.99. The molecule has 2 rings (SSSR count). The second kappa shape index (κ2) is 7.51. The molecule has 1 aromatic rings. The zero-order valence-electron chi connectivity index (χ0n) is 14.2. The normalized spacial score (nSPS) is 16.5. The van der Waals surface area contributed by atoms with Crippen LogP contribution in [0.1, 0.15) is 26.3 Å². The number of amides is 2. The van der Waals surface area contributed by atoms with Crippen LogP contribution in [0, 0.1) is 5.92 Å². The lowest BCUT2D eigenvalue weighted by Gasteiger charge is -2.27. The first-order valence-corrected chi connectivity index (χ1v) is 8.11. The van der Waals surface area contributed by atoms with E-state index < -0.39 is 5.60 Å². The van der Waals surface area contributed by atoms with Crippen molar-refractivity contribution in [1.29, 1.82) is 0 Å². The van der Waals surface area contributed by atoms with Crippen molar-refractivity contribution in [2.75, 3.05) is 24.5 Å². The van der Waals surface area contributed by atoms with Gasteiger partial charge in [-0.3, -0.25) is 0 Å². The maximum Gasteiger partial charge on any atom is 0.315 e. The van der Waals surface area contributed by atoms with E-state index in [1.54, 1.807) is 6.92 Å². The first-order valence-electron chi connectivity index (χ1n) is 8.11. The van der Waals surface area contributed by atoms with Gasteiger partial charge in [0.25, 0.3) is 0 Å². The number of benzene rings is 1. The summed E-state index contributed by atoms with van der Waals surface area (Å²) in [5.41, 5.74) is 1.34. The summed E-state index contributed by atoms with van der Waals surface area (Å²) in [4.78, 5) is 14.1. The van der Waals surface area contributed by atoms with Gasteiger partial charge in [0.2, 0.25) is 0 Å². The van der Waals surface area contributed by atoms with E-state index in [2.05, 4.69) is 39.8 Å². The summed E-state index contributed by atoms with van der Waals surface area (Å²) in [5.74, 6) is 0.0791. The van der Waals surface area contributed by atoms with E-state index in [1.165, 1.54) is 5.69 Å². The van der Waals surface area contributed by atoms with Crippen LogP contribution in [0.5, 0.6) is 0 Å². The molecule has 1 atom stereocenters. The number of rotatable bonds is 6. The maximum atomic E-state index is 11.8. The largest absolute Gasteiger partial charge is 0.388 e. The second-order valence-electron chi connectivity index (χ2n) is 6.59. The van der Waals surface area contributed by atoms with Gasteiger partial charge in [0, 0.05) is 31.9 Å². The standard InChI is InChI=1S/C18H27N3O2/c1-14(2)18(3,23)13-20-17(22)19-12-15-6-8-16(9-7-15)21-10-4-5-11-21/h4-9,14,23H,10-13H2,1-3H3,(H2,19,20,22). The van der Waals surface area contributed by atoms with Crippen LogP contribution in [-0.2, 0) is 6.54 Å². The maximum absolute atomic E-state index is 11.8. The highest BCUT2D eigenvalue weighted by Gasteiger charge is 2.25. The Morgan fingerprint density at radius 1 is 1.22 bits per heavy atom. The molecule has 0 spiro atoms. The molecule has 0 aromatic heterocycles. The van der Waals surface area contributed by atoms with E-state index in [1.807, 2.05) is 26.0 Å². The average Bonchev–Trinajstić information content (AvgIpc) is 3.06. The second-order valence-corrected chi connectivity index (χ2v) is 6.59. The lowest BCUT2D eigenvalue weighted by atomic mass is 9.93. The average molecular weight is 317 g/mol. The highest BCUT2D eigenvalue weighted by molar-refractivity contribution is 5.73. The summed E-state index contributed by atoms with van der Waals surface area (Å²) in [6, 6.07) is 7.94. The van der Waals surface area contributed by atoms with Crippen molar-refractivity contribution >= 4 is 11.7 Å². The third-order valence-electron chi connectivity index (χ3n) is 4.42. The number of hydrogen-bond donors (Lipinski definition) is 3. The molecule has 0 aliphatic carbocycles. The van der Waals surface area contributed by atoms with Gasteiger partial charge < -0.3 is 20.6 Å². The number of nitrogens with zero attached hydrogens (tertiary/aromatic N) is 1. The van der Waals surface area contributed by atoms with E-state index in [0.717, 1.165) is 18.7 Å². The van der Waals surface area contributed by atoms with Crippen molar-refractivity contribution in [2.24, 2.45) is 5.92 Å². The minimum absolute atomic E-state index is 0.0791. The van der Waals surface area contributed by atoms with Crippen molar-refractivity contribution in [1.82, 2.24) is 10.6 Å². The summed E-state index contributed by atoms with van der Waals surface area (Å²) in [6.45, 7) is 8.19. The van der Waals surface area contributed by atoms with Crippen molar-refractivity contribution in [2.45, 2.75) is 32.9 Å². The third-order valence-corrected chi connectivity index (χ3v) is 4.42. The zero-order valence-corrected chi connectivity index (χ0v) is 14.2. The van der Waals surface area contributed by atoms with Crippen LogP contribution in [0.2, 0.25) is 0 Å². The molecule has 0 radical (unpaired) electrons. The molecule has 126 valence electrons. The molecule has 3 N–H and O–H groups in total. The van der Waals surface area contributed by atoms with Crippen molar-refractivity contribution in [3.8, 4) is 0 Å². The predicted octanol–water partition coefficient (Wildman–Crippen LogP) is 2.27. The van der Waals surface area contributed by atoms with Gasteiger partial charge in [-0.05, 0) is 30.5 Å². The molecule has 1 unspecified atom stereocenters. The Balaban J connectivity index is 1.76. The molecule has 1 heterocycles. The van der Waals surface area contributed by atoms with Gasteiger partial charge in [-0.25, -0.2) is 4.79 Å². The summed E-state index contributed by atoms with van der Waals surface area (Å²) >= 11 is 0. The van der Waals surface area contributed by atoms with E-state index in [9.17, 15) is 9.90 Å². The minimum Gasteiger partial charge on any atom is -0.388 e. The molecule has 0 saturated heterocycles. The van der Waals surface area contributed by atoms with Crippen molar-refractivity contribution < 1.29 is 9.90 Å². The van der Waals surface area contributed by atoms with Crippen LogP contribution >= 0.6 is 0 Å². The highest BCUT2D eigenvalue weighted by atomic mass is 16.3. The highest BCUT2D eigenvalue weighted by Crippen LogP contribution is 2.17. The molecular weight excluding hydrogens is 290 g/mol. The Bertz CT molecular complexity index is 542. The lowest BCUT2D eigenvalue weighted by molar-refractivity contribution is 0.0166. The van der Waals surface area contributed by atoms with Crippen LogP contribution in [0.25, 0.3) is 0 Å². The van der Waals surface area contributed by atoms with Crippen LogP contribution in [0.4, 0.5) is 10.5 Å². The van der Waals surface area contributed by atoms with Crippen LogP contribution in [0.15, 0.2) is 36.4 Å². The van der Waals surface area contributed by atoms with Gasteiger partial charge in [-0.1, -0.05) is 38.1 Å². The molecule has 0 saturated carbocycles. The SMILES string of the molecule is CC(C)C(C)(O)CNC(=O)NCc1ccc(N2CC=CC2)cc1. The molecule has 1 aromatic carbocycles. The van der Waals surface area contributed by atoms with Crippen molar-refractivity contribution in [3.05, 3.63) is 42.0 Å². The Kier molecular flexibility index (Phi) is 5.66. The Morgan fingerprint density at radius 2 is 1.83 bits per heavy atom. The van der Waals surface area contributed by atoms with E-state index >= 15 is 0 Å². The molecule has 5 heteroatoms. The van der Waals surface area contributed by atoms with E-state index in [0.29, 0.717) is 6.54 Å². The van der Waals surface area contributed by atoms with Crippen LogP contribution in [-0.4, -0.2) is 36.4 Å². The number of carbonyl (C=O) groups excluding carboxylic acids is 1. The topological polar surface area (TPSA) is 64.6 Å². The molecule has 1 aliphatic rings. The predicted molar refractivity (Wildman–Crippen MR) is 93.5 cm³/mol. The Hall–Kier alpha value is -2.01. The first-order chi connectivity index (χ1) is 10.9. The Labute approximate surface area is 138 Å². The van der Waals surface area contributed by atoms with Gasteiger partial charge in [-0.2, -0.15) is 0 Å². The number of nitrogens with one attached hydrogen (secondary N) is 2. The smallest absolute Gasteiger partial charge is 0.315 e. The van der Waals surface area contributed by atoms with Gasteiger partial charge in [0.15, 0.2) is 0 Å². The van der Waals surface area contributed by atoms with E-state index in [4.69, 9.17) is 0 Å². The van der Waals surface area contributed by atoms with Crippen LogP contribution < -0.4 is 15.5 Å². The fourth-order valence-corrected chi connectivity index (χ4v) is 2.22. The molecule has 1 aliphatic heterocycles. The minimum atomic E-state index is -0.900. The molecule has 23 heavy (non-hydrogen) atoms. The number of hydrogen-bond acceptors (Lipinski definition) is 3. The van der Waals surface area contributed by atoms with Crippen LogP contribution in [0.3, 0.4) is 0 Å². The number of anilines is 1. The fourth-order valence-electron chi connectivity index (χ4n) is 2.22. The van der Waals surface area contributed by atoms with Gasteiger partial charge in [0.05, 0.1) is 5.60 Å². The van der Waals surface area contributed by atoms with Gasteiger partial charge in [-0.15, -0.1) is 0 Å². The fraction of sp³-hybridized carbons (Fsp3) is 0.500. The van der Waals surface area contributed by atoms with E-state index in [-0.39, 0.29) is 18.5 Å². The summed E-state index contributed by atoms with van der Waals surface area (Å²) in [5, 5.41) is 15.6. The molecule has 0 fully saturated rings. The Morgan fingerprint density at radius 3 is 2.39 bits per heavy atom. The zero-order chi connectivity index (χ0) is 16.9. The van der Waals surface area contributed by atoms with Gasteiger partial charge in [0.1, 0.15) is 0 Å². The number of carbonyl (C=O) groups is 1. The quantitative estimate of drug-likeness (QED) is 0.705. The summed E-state index contributed by atoms with van der Waals surface area (Å²) in [7, 11) is 0.